The molecule has 2 rings (SSSR count). The Bertz CT molecular complexity index is 381. The molecule has 3 nitrogen and oxygen atoms in total. The van der Waals surface area contributed by atoms with E-state index in [0.717, 1.165) is 12.1 Å². The lowest BCUT2D eigenvalue weighted by atomic mass is 10.1. The number of halogens is 2. The fourth-order valence-electron chi connectivity index (χ4n) is 1.39. The van der Waals surface area contributed by atoms with Crippen molar-refractivity contribution in [3.63, 3.8) is 0 Å². The van der Waals surface area contributed by atoms with E-state index in [4.69, 9.17) is 0 Å². The van der Waals surface area contributed by atoms with Crippen LogP contribution in [-0.2, 0) is 0 Å². The molecule has 1 aliphatic heterocycles. The van der Waals surface area contributed by atoms with Crippen LogP contribution in [0.5, 0.6) is 0 Å². The van der Waals surface area contributed by atoms with Crippen LogP contribution in [0, 0.1) is 11.6 Å². The second kappa shape index (κ2) is 3.25. The van der Waals surface area contributed by atoms with Gasteiger partial charge in [-0.3, -0.25) is 0 Å². The molecule has 2 N–H and O–H groups in total. The highest BCUT2D eigenvalue weighted by atomic mass is 19.2. The van der Waals surface area contributed by atoms with Crippen molar-refractivity contribution < 1.29 is 13.6 Å². The maximum absolute atomic E-state index is 12.8. The fourth-order valence-corrected chi connectivity index (χ4v) is 1.39. The summed E-state index contributed by atoms with van der Waals surface area (Å²) in [7, 11) is 0. The van der Waals surface area contributed by atoms with Gasteiger partial charge in [-0.25, -0.2) is 13.6 Å². The number of rotatable bonds is 1. The maximum Gasteiger partial charge on any atom is 0.315 e. The molecule has 2 amide bonds. The maximum atomic E-state index is 12.8. The summed E-state index contributed by atoms with van der Waals surface area (Å²) in [5, 5.41) is 5.11. The Morgan fingerprint density at radius 2 is 2.07 bits per heavy atom. The molecule has 0 saturated carbocycles. The number of hydrogen-bond donors (Lipinski definition) is 2. The van der Waals surface area contributed by atoms with E-state index in [1.54, 1.807) is 0 Å². The van der Waals surface area contributed by atoms with Gasteiger partial charge in [-0.15, -0.1) is 0 Å². The number of benzene rings is 1. The first-order chi connectivity index (χ1) is 6.66. The van der Waals surface area contributed by atoms with Crippen LogP contribution in [0.3, 0.4) is 0 Å². The topological polar surface area (TPSA) is 41.1 Å². The Hall–Kier alpha value is -1.65. The third-order valence-corrected chi connectivity index (χ3v) is 2.12. The average molecular weight is 198 g/mol. The minimum absolute atomic E-state index is 0.280. The third-order valence-electron chi connectivity index (χ3n) is 2.12. The van der Waals surface area contributed by atoms with Crippen molar-refractivity contribution >= 4 is 6.03 Å². The number of nitrogens with one attached hydrogen (secondary N) is 2. The normalized spacial score (nSPS) is 20.4. The first kappa shape index (κ1) is 8.93. The predicted molar refractivity (Wildman–Crippen MR) is 45.6 cm³/mol. The van der Waals surface area contributed by atoms with Gasteiger partial charge in [0.2, 0.25) is 0 Å². The molecule has 1 aliphatic rings. The van der Waals surface area contributed by atoms with Crippen LogP contribution in [0.2, 0.25) is 0 Å². The average Bonchev–Trinajstić information content (AvgIpc) is 2.57. The molecule has 1 fully saturated rings. The summed E-state index contributed by atoms with van der Waals surface area (Å²) in [5.41, 5.74) is 0.558. The quantitative estimate of drug-likeness (QED) is 0.702. The largest absolute Gasteiger partial charge is 0.336 e. The van der Waals surface area contributed by atoms with Crippen LogP contribution in [0.25, 0.3) is 0 Å². The Balaban J connectivity index is 2.24. The van der Waals surface area contributed by atoms with E-state index < -0.39 is 11.6 Å². The summed E-state index contributed by atoms with van der Waals surface area (Å²) >= 11 is 0. The van der Waals surface area contributed by atoms with Crippen molar-refractivity contribution in [3.8, 4) is 0 Å². The minimum Gasteiger partial charge on any atom is -0.336 e. The molecular formula is C9H8F2N2O. The summed E-state index contributed by atoms with van der Waals surface area (Å²) in [4.78, 5) is 10.8. The van der Waals surface area contributed by atoms with Crippen LogP contribution in [0.15, 0.2) is 18.2 Å². The molecule has 1 aromatic rings. The SMILES string of the molecule is O=C1NCC(c2ccc(F)c(F)c2)N1. The minimum atomic E-state index is -0.899. The van der Waals surface area contributed by atoms with Gasteiger partial charge >= 0.3 is 6.03 Å². The standard InChI is InChI=1S/C9H8F2N2O/c10-6-2-1-5(3-7(6)11)8-4-12-9(14)13-8/h1-3,8H,4H2,(H2,12,13,14). The van der Waals surface area contributed by atoms with Crippen molar-refractivity contribution in [1.29, 1.82) is 0 Å². The summed E-state index contributed by atoms with van der Waals surface area (Å²) in [6.07, 6.45) is 0. The van der Waals surface area contributed by atoms with Crippen molar-refractivity contribution in [2.45, 2.75) is 6.04 Å². The van der Waals surface area contributed by atoms with Crippen LogP contribution in [0.4, 0.5) is 13.6 Å². The fraction of sp³-hybridized carbons (Fsp3) is 0.222. The lowest BCUT2D eigenvalue weighted by Gasteiger charge is -2.08. The van der Waals surface area contributed by atoms with Gasteiger partial charge < -0.3 is 10.6 Å². The molecule has 0 radical (unpaired) electrons. The van der Waals surface area contributed by atoms with Gasteiger partial charge in [0.05, 0.1) is 6.04 Å². The Labute approximate surface area is 79.1 Å². The first-order valence-electron chi connectivity index (χ1n) is 4.16. The zero-order valence-corrected chi connectivity index (χ0v) is 7.18. The van der Waals surface area contributed by atoms with E-state index >= 15 is 0 Å². The highest BCUT2D eigenvalue weighted by Crippen LogP contribution is 2.17. The van der Waals surface area contributed by atoms with Gasteiger partial charge in [0.1, 0.15) is 0 Å². The number of urea groups is 1. The van der Waals surface area contributed by atoms with E-state index in [2.05, 4.69) is 10.6 Å². The van der Waals surface area contributed by atoms with Crippen molar-refractivity contribution in [2.24, 2.45) is 0 Å². The monoisotopic (exact) mass is 198 g/mol. The van der Waals surface area contributed by atoms with Crippen molar-refractivity contribution in [3.05, 3.63) is 35.4 Å². The van der Waals surface area contributed by atoms with Crippen LogP contribution < -0.4 is 10.6 Å². The van der Waals surface area contributed by atoms with Crippen LogP contribution in [0.1, 0.15) is 11.6 Å². The van der Waals surface area contributed by atoms with Crippen LogP contribution >= 0.6 is 0 Å². The Morgan fingerprint density at radius 1 is 1.29 bits per heavy atom. The first-order valence-corrected chi connectivity index (χ1v) is 4.16. The van der Waals surface area contributed by atoms with Crippen molar-refractivity contribution in [1.82, 2.24) is 10.6 Å². The smallest absolute Gasteiger partial charge is 0.315 e. The Morgan fingerprint density at radius 3 is 2.64 bits per heavy atom. The van der Waals surface area contributed by atoms with E-state index in [1.165, 1.54) is 6.07 Å². The van der Waals surface area contributed by atoms with Gasteiger partial charge in [-0.05, 0) is 17.7 Å². The molecule has 0 aliphatic carbocycles. The molecule has 1 heterocycles. The molecule has 74 valence electrons. The van der Waals surface area contributed by atoms with Crippen LogP contribution in [-0.4, -0.2) is 12.6 Å². The Kier molecular flexibility index (Phi) is 2.07. The summed E-state index contributed by atoms with van der Waals surface area (Å²) in [6.45, 7) is 0.393. The molecule has 5 heteroatoms. The molecule has 1 aromatic carbocycles. The lowest BCUT2D eigenvalue weighted by molar-refractivity contribution is 0.247. The molecule has 0 bridgehead atoms. The molecule has 14 heavy (non-hydrogen) atoms. The van der Waals surface area contributed by atoms with Crippen molar-refractivity contribution in [2.75, 3.05) is 6.54 Å². The molecule has 1 atom stereocenters. The van der Waals surface area contributed by atoms with E-state index in [0.29, 0.717) is 12.1 Å². The lowest BCUT2D eigenvalue weighted by Crippen LogP contribution is -2.21. The number of hydrogen-bond acceptors (Lipinski definition) is 1. The zero-order valence-electron chi connectivity index (χ0n) is 7.18. The predicted octanol–water partition coefficient (Wildman–Crippen LogP) is 1.32. The van der Waals surface area contributed by atoms with Gasteiger partial charge in [-0.1, -0.05) is 6.07 Å². The summed E-state index contributed by atoms with van der Waals surface area (Å²) in [5.74, 6) is -1.78. The molecule has 1 unspecified atom stereocenters. The number of carbonyl (C=O) groups is 1. The summed E-state index contributed by atoms with van der Waals surface area (Å²) < 4.78 is 25.4. The number of carbonyl (C=O) groups excluding carboxylic acids is 1. The number of amides is 2. The van der Waals surface area contributed by atoms with E-state index in [-0.39, 0.29) is 12.1 Å². The summed E-state index contributed by atoms with van der Waals surface area (Å²) in [6, 6.07) is 3.02. The molecule has 0 aromatic heterocycles. The van der Waals surface area contributed by atoms with E-state index in [9.17, 15) is 13.6 Å². The second-order valence-electron chi connectivity index (χ2n) is 3.08. The highest BCUT2D eigenvalue weighted by Gasteiger charge is 2.22. The van der Waals surface area contributed by atoms with Gasteiger partial charge in [0.15, 0.2) is 11.6 Å². The van der Waals surface area contributed by atoms with Gasteiger partial charge in [0, 0.05) is 6.54 Å². The third kappa shape index (κ3) is 1.53. The molecule has 0 spiro atoms. The van der Waals surface area contributed by atoms with Gasteiger partial charge in [0.25, 0.3) is 0 Å². The van der Waals surface area contributed by atoms with Gasteiger partial charge in [-0.2, -0.15) is 0 Å². The molecular weight excluding hydrogens is 190 g/mol. The molecule has 1 saturated heterocycles. The highest BCUT2D eigenvalue weighted by molar-refractivity contribution is 5.76. The second-order valence-corrected chi connectivity index (χ2v) is 3.08. The zero-order chi connectivity index (χ0) is 10.1. The van der Waals surface area contributed by atoms with E-state index in [1.807, 2.05) is 0 Å².